The first-order valence-electron chi connectivity index (χ1n) is 11.8. The molecule has 2 N–H and O–H groups in total. The molecular formula is C23H28N10O3S. The molecule has 0 aliphatic carbocycles. The molecule has 13 nitrogen and oxygen atoms in total. The number of H-pyrrole nitrogens is 1. The molecule has 194 valence electrons. The lowest BCUT2D eigenvalue weighted by atomic mass is 10.2. The largest absolute Gasteiger partial charge is 0.467 e. The zero-order valence-electron chi connectivity index (χ0n) is 20.8. The number of hydrazine groups is 1. The molecule has 5 rings (SSSR count). The maximum atomic E-state index is 12.2. The molecule has 0 bridgehead atoms. The van der Waals surface area contributed by atoms with E-state index >= 15 is 0 Å². The minimum Gasteiger partial charge on any atom is -0.467 e. The quantitative estimate of drug-likeness (QED) is 0.417. The predicted octanol–water partition coefficient (Wildman–Crippen LogP) is 2.02. The molecule has 0 amide bonds. The molecule has 1 fully saturated rings. The number of fused-ring (bicyclic) bond motifs is 1. The Hall–Kier alpha value is -3.91. The van der Waals surface area contributed by atoms with Gasteiger partial charge in [0.05, 0.1) is 31.0 Å². The average Bonchev–Trinajstić information content (AvgIpc) is 3.41. The summed E-state index contributed by atoms with van der Waals surface area (Å²) in [5, 5.41) is 15.4. The van der Waals surface area contributed by atoms with Crippen LogP contribution < -0.4 is 15.0 Å². The molecule has 1 unspecified atom stereocenters. The van der Waals surface area contributed by atoms with Gasteiger partial charge in [0.1, 0.15) is 0 Å². The second kappa shape index (κ2) is 11.0. The number of hydrogen-bond acceptors (Lipinski definition) is 13. The molecule has 2 aliphatic rings. The van der Waals surface area contributed by atoms with E-state index in [1.165, 1.54) is 7.11 Å². The van der Waals surface area contributed by atoms with E-state index in [0.717, 1.165) is 16.6 Å². The number of aliphatic imine (C=N–C) groups is 1. The van der Waals surface area contributed by atoms with Gasteiger partial charge in [-0.3, -0.25) is 15.1 Å². The molecule has 1 saturated heterocycles. The molecule has 0 spiro atoms. The van der Waals surface area contributed by atoms with Gasteiger partial charge in [0.15, 0.2) is 5.50 Å². The molecule has 0 radical (unpaired) electrons. The van der Waals surface area contributed by atoms with Gasteiger partial charge in [-0.05, 0) is 31.4 Å². The first-order chi connectivity index (χ1) is 18.1. The zero-order chi connectivity index (χ0) is 25.8. The van der Waals surface area contributed by atoms with Crippen LogP contribution in [-0.4, -0.2) is 99.0 Å². The van der Waals surface area contributed by atoms with E-state index in [9.17, 15) is 4.79 Å². The highest BCUT2D eigenvalue weighted by Gasteiger charge is 2.30. The summed E-state index contributed by atoms with van der Waals surface area (Å²) in [5.74, 6) is 0.536. The molecule has 3 aromatic rings. The SMILES string of the molecule is CCOC(=O)C1=CN(N2CCN(c3nc(Nc4ccc5cn[nH]c5c4)nc(OC)n3)CC2)C(SC)N=C1. The van der Waals surface area contributed by atoms with Crippen molar-refractivity contribution in [3.05, 3.63) is 36.2 Å². The van der Waals surface area contributed by atoms with Crippen LogP contribution in [-0.2, 0) is 9.53 Å². The van der Waals surface area contributed by atoms with Crippen LogP contribution in [0.2, 0.25) is 0 Å². The van der Waals surface area contributed by atoms with Crippen molar-refractivity contribution in [2.75, 3.05) is 56.4 Å². The number of piperazine rings is 1. The number of aromatic nitrogens is 5. The Morgan fingerprint density at radius 3 is 2.81 bits per heavy atom. The van der Waals surface area contributed by atoms with Gasteiger partial charge in [-0.1, -0.05) is 0 Å². The predicted molar refractivity (Wildman–Crippen MR) is 142 cm³/mol. The first kappa shape index (κ1) is 24.8. The standard InChI is InChI=1S/C23H28N10O3S/c1-4-36-19(34)16-12-24-23(37-3)33(14-16)32-9-7-31(8-10-32)21-27-20(28-22(29-21)35-2)26-17-6-5-15-13-25-30-18(15)11-17/h5-6,11-14,23H,4,7-10H2,1-3H3,(H,25,30)(H,26,27,28,29). The van der Waals surface area contributed by atoms with E-state index < -0.39 is 0 Å². The lowest BCUT2D eigenvalue weighted by molar-refractivity contribution is -0.138. The van der Waals surface area contributed by atoms with Gasteiger partial charge in [0.2, 0.25) is 11.9 Å². The molecule has 2 aliphatic heterocycles. The second-order valence-electron chi connectivity index (χ2n) is 8.21. The molecule has 4 heterocycles. The van der Waals surface area contributed by atoms with Crippen molar-refractivity contribution in [1.29, 1.82) is 0 Å². The van der Waals surface area contributed by atoms with Crippen LogP contribution in [0.5, 0.6) is 6.01 Å². The summed E-state index contributed by atoms with van der Waals surface area (Å²) >= 11 is 1.59. The minimum atomic E-state index is -0.376. The monoisotopic (exact) mass is 524 g/mol. The van der Waals surface area contributed by atoms with Crippen LogP contribution in [0.25, 0.3) is 10.9 Å². The number of esters is 1. The summed E-state index contributed by atoms with van der Waals surface area (Å²) in [5.41, 5.74) is 2.01. The first-order valence-corrected chi connectivity index (χ1v) is 13.1. The van der Waals surface area contributed by atoms with Crippen LogP contribution in [0.1, 0.15) is 6.92 Å². The minimum absolute atomic E-state index is 0.148. The number of hydrogen-bond donors (Lipinski definition) is 2. The van der Waals surface area contributed by atoms with Crippen molar-refractivity contribution < 1.29 is 14.3 Å². The topological polar surface area (TPSA) is 137 Å². The maximum Gasteiger partial charge on any atom is 0.341 e. The van der Waals surface area contributed by atoms with Crippen molar-refractivity contribution in [2.24, 2.45) is 4.99 Å². The summed E-state index contributed by atoms with van der Waals surface area (Å²) in [6.45, 7) is 4.81. The summed E-state index contributed by atoms with van der Waals surface area (Å²) in [4.78, 5) is 32.3. The van der Waals surface area contributed by atoms with Gasteiger partial charge in [0.25, 0.3) is 0 Å². The Balaban J connectivity index is 1.29. The molecule has 0 saturated carbocycles. The van der Waals surface area contributed by atoms with E-state index in [2.05, 4.69) is 45.4 Å². The van der Waals surface area contributed by atoms with Crippen molar-refractivity contribution >= 4 is 52.4 Å². The number of methoxy groups -OCH3 is 1. The third kappa shape index (κ3) is 5.44. The third-order valence-electron chi connectivity index (χ3n) is 5.91. The molecule has 1 aromatic carbocycles. The lowest BCUT2D eigenvalue weighted by Gasteiger charge is -2.43. The number of carbonyl (C=O) groups excluding carboxylic acids is 1. The number of benzene rings is 1. The highest BCUT2D eigenvalue weighted by atomic mass is 32.2. The normalized spacial score (nSPS) is 18.1. The van der Waals surface area contributed by atoms with Crippen LogP contribution in [0, 0.1) is 0 Å². The van der Waals surface area contributed by atoms with Crippen LogP contribution in [0.4, 0.5) is 17.6 Å². The van der Waals surface area contributed by atoms with Gasteiger partial charge >= 0.3 is 12.0 Å². The number of ether oxygens (including phenoxy) is 2. The van der Waals surface area contributed by atoms with Crippen LogP contribution in [0.3, 0.4) is 0 Å². The zero-order valence-corrected chi connectivity index (χ0v) is 21.6. The van der Waals surface area contributed by atoms with Gasteiger partial charge in [-0.15, -0.1) is 11.8 Å². The Labute approximate surface area is 217 Å². The highest BCUT2D eigenvalue weighted by molar-refractivity contribution is 7.99. The molecular weight excluding hydrogens is 496 g/mol. The maximum absolute atomic E-state index is 12.2. The number of aromatic amines is 1. The van der Waals surface area contributed by atoms with Gasteiger partial charge in [-0.25, -0.2) is 9.80 Å². The highest BCUT2D eigenvalue weighted by Crippen LogP contribution is 2.25. The van der Waals surface area contributed by atoms with E-state index in [0.29, 0.717) is 50.3 Å². The van der Waals surface area contributed by atoms with E-state index in [-0.39, 0.29) is 17.5 Å². The molecule has 14 heteroatoms. The smallest absolute Gasteiger partial charge is 0.341 e. The number of anilines is 3. The number of nitrogens with zero attached hydrogens (tertiary/aromatic N) is 8. The van der Waals surface area contributed by atoms with Crippen molar-refractivity contribution in [3.8, 4) is 6.01 Å². The Bertz CT molecular complexity index is 1320. The van der Waals surface area contributed by atoms with Gasteiger partial charge in [-0.2, -0.15) is 20.1 Å². The molecule has 2 aromatic heterocycles. The van der Waals surface area contributed by atoms with Gasteiger partial charge < -0.3 is 19.7 Å². The van der Waals surface area contributed by atoms with E-state index in [4.69, 9.17) is 9.47 Å². The fourth-order valence-electron chi connectivity index (χ4n) is 4.07. The fourth-order valence-corrected chi connectivity index (χ4v) is 4.66. The van der Waals surface area contributed by atoms with Crippen LogP contribution >= 0.6 is 11.8 Å². The van der Waals surface area contributed by atoms with Crippen LogP contribution in [0.15, 0.2) is 41.2 Å². The summed E-state index contributed by atoms with van der Waals surface area (Å²) in [6, 6.07) is 6.08. The van der Waals surface area contributed by atoms with E-state index in [1.54, 1.807) is 31.1 Å². The Kier molecular flexibility index (Phi) is 7.37. The fraction of sp³-hybridized carbons (Fsp3) is 0.391. The summed E-state index contributed by atoms with van der Waals surface area (Å²) in [7, 11) is 1.53. The summed E-state index contributed by atoms with van der Waals surface area (Å²) < 4.78 is 10.5. The van der Waals surface area contributed by atoms with Gasteiger partial charge in [0, 0.05) is 49.7 Å². The van der Waals surface area contributed by atoms with E-state index in [1.807, 2.05) is 35.7 Å². The molecule has 1 atom stereocenters. The van der Waals surface area contributed by atoms with Crippen molar-refractivity contribution in [2.45, 2.75) is 12.4 Å². The number of thioether (sulfide) groups is 1. The lowest BCUT2D eigenvalue weighted by Crippen LogP contribution is -2.55. The Morgan fingerprint density at radius 1 is 1.22 bits per heavy atom. The molecule has 37 heavy (non-hydrogen) atoms. The van der Waals surface area contributed by atoms with Crippen molar-refractivity contribution in [3.63, 3.8) is 0 Å². The number of carbonyl (C=O) groups is 1. The average molecular weight is 525 g/mol. The number of rotatable bonds is 8. The second-order valence-corrected chi connectivity index (χ2v) is 9.10. The third-order valence-corrected chi connectivity index (χ3v) is 6.67. The number of nitrogens with one attached hydrogen (secondary N) is 2. The summed E-state index contributed by atoms with van der Waals surface area (Å²) in [6.07, 6.45) is 7.16. The van der Waals surface area contributed by atoms with Crippen molar-refractivity contribution in [1.82, 2.24) is 35.2 Å². The Morgan fingerprint density at radius 2 is 2.05 bits per heavy atom.